The van der Waals surface area contributed by atoms with Crippen molar-refractivity contribution >= 4 is 23.2 Å². The summed E-state index contributed by atoms with van der Waals surface area (Å²) in [7, 11) is 1.56. The SMILES string of the molecule is CNC(=O)CCNC(=O)c1csc(C(C)N)n1. The fourth-order valence-corrected chi connectivity index (χ4v) is 1.86. The Morgan fingerprint density at radius 2 is 2.29 bits per heavy atom. The van der Waals surface area contributed by atoms with Gasteiger partial charge in [0.05, 0.1) is 6.04 Å². The molecule has 4 N–H and O–H groups in total. The van der Waals surface area contributed by atoms with Crippen LogP contribution in [0.5, 0.6) is 0 Å². The Morgan fingerprint density at radius 1 is 1.59 bits per heavy atom. The Bertz CT molecular complexity index is 403. The third kappa shape index (κ3) is 4.12. The van der Waals surface area contributed by atoms with E-state index in [-0.39, 0.29) is 24.3 Å². The van der Waals surface area contributed by atoms with Gasteiger partial charge in [0, 0.05) is 25.4 Å². The van der Waals surface area contributed by atoms with Crippen LogP contribution < -0.4 is 16.4 Å². The summed E-state index contributed by atoms with van der Waals surface area (Å²) in [5.41, 5.74) is 5.99. The van der Waals surface area contributed by atoms with Crippen LogP contribution in [0.2, 0.25) is 0 Å². The molecule has 17 heavy (non-hydrogen) atoms. The van der Waals surface area contributed by atoms with Crippen molar-refractivity contribution in [1.29, 1.82) is 0 Å². The zero-order valence-electron chi connectivity index (χ0n) is 9.82. The number of aromatic nitrogens is 1. The van der Waals surface area contributed by atoms with E-state index in [1.165, 1.54) is 11.3 Å². The Hall–Kier alpha value is -1.47. The van der Waals surface area contributed by atoms with Crippen molar-refractivity contribution in [3.8, 4) is 0 Å². The van der Waals surface area contributed by atoms with Crippen molar-refractivity contribution < 1.29 is 9.59 Å². The predicted molar refractivity (Wildman–Crippen MR) is 65.7 cm³/mol. The summed E-state index contributed by atoms with van der Waals surface area (Å²) in [6.45, 7) is 2.11. The average molecular weight is 256 g/mol. The van der Waals surface area contributed by atoms with E-state index in [1.807, 2.05) is 6.92 Å². The molecule has 0 aromatic carbocycles. The molecule has 1 aromatic rings. The molecule has 1 aromatic heterocycles. The normalized spacial score (nSPS) is 11.9. The summed E-state index contributed by atoms with van der Waals surface area (Å²) < 4.78 is 0. The van der Waals surface area contributed by atoms with E-state index in [4.69, 9.17) is 5.73 Å². The molecule has 1 rings (SSSR count). The van der Waals surface area contributed by atoms with Crippen LogP contribution in [-0.4, -0.2) is 30.4 Å². The standard InChI is InChI=1S/C10H16N4O2S/c1-6(11)10-14-7(5-17-10)9(16)13-4-3-8(15)12-2/h5-6H,3-4,11H2,1-2H3,(H,12,15)(H,13,16). The summed E-state index contributed by atoms with van der Waals surface area (Å²) >= 11 is 1.35. The smallest absolute Gasteiger partial charge is 0.270 e. The highest BCUT2D eigenvalue weighted by Gasteiger charge is 2.12. The highest BCUT2D eigenvalue weighted by molar-refractivity contribution is 7.09. The molecule has 0 fully saturated rings. The molecule has 0 aliphatic rings. The molecule has 0 aliphatic heterocycles. The second kappa shape index (κ2) is 6.31. The van der Waals surface area contributed by atoms with Crippen LogP contribution in [-0.2, 0) is 4.79 Å². The van der Waals surface area contributed by atoms with Gasteiger partial charge >= 0.3 is 0 Å². The molecule has 0 saturated carbocycles. The van der Waals surface area contributed by atoms with E-state index in [2.05, 4.69) is 15.6 Å². The number of carbonyl (C=O) groups is 2. The topological polar surface area (TPSA) is 97.1 Å². The molecule has 7 heteroatoms. The molecule has 2 amide bonds. The largest absolute Gasteiger partial charge is 0.359 e. The first kappa shape index (κ1) is 13.6. The van der Waals surface area contributed by atoms with E-state index in [0.717, 1.165) is 5.01 Å². The molecule has 6 nitrogen and oxygen atoms in total. The summed E-state index contributed by atoms with van der Waals surface area (Å²) in [4.78, 5) is 26.7. The van der Waals surface area contributed by atoms with E-state index < -0.39 is 0 Å². The summed E-state index contributed by atoms with van der Waals surface area (Å²) in [6, 6.07) is -0.174. The van der Waals surface area contributed by atoms with E-state index >= 15 is 0 Å². The molecule has 1 atom stereocenters. The molecular weight excluding hydrogens is 240 g/mol. The number of hydrogen-bond acceptors (Lipinski definition) is 5. The Balaban J connectivity index is 2.44. The molecule has 1 unspecified atom stereocenters. The summed E-state index contributed by atoms with van der Waals surface area (Å²) in [6.07, 6.45) is 0.256. The Morgan fingerprint density at radius 3 is 2.82 bits per heavy atom. The quantitative estimate of drug-likeness (QED) is 0.692. The first-order chi connectivity index (χ1) is 8.04. The minimum Gasteiger partial charge on any atom is -0.359 e. The van der Waals surface area contributed by atoms with Crippen molar-refractivity contribution in [2.75, 3.05) is 13.6 Å². The number of nitrogens with two attached hydrogens (primary N) is 1. The Labute approximate surface area is 104 Å². The second-order valence-corrected chi connectivity index (χ2v) is 4.43. The number of amides is 2. The van der Waals surface area contributed by atoms with Gasteiger partial charge in [-0.25, -0.2) is 4.98 Å². The number of rotatable bonds is 5. The Kier molecular flexibility index (Phi) is 5.05. The number of carbonyl (C=O) groups excluding carboxylic acids is 2. The van der Waals surface area contributed by atoms with Gasteiger partial charge in [0.2, 0.25) is 5.91 Å². The molecule has 0 bridgehead atoms. The maximum atomic E-state index is 11.6. The minimum absolute atomic E-state index is 0.111. The number of thiazole rings is 1. The van der Waals surface area contributed by atoms with Crippen LogP contribution in [0.15, 0.2) is 5.38 Å². The predicted octanol–water partition coefficient (Wildman–Crippen LogP) is 0.0287. The van der Waals surface area contributed by atoms with Gasteiger partial charge in [-0.3, -0.25) is 9.59 Å². The fourth-order valence-electron chi connectivity index (χ4n) is 1.11. The highest BCUT2D eigenvalue weighted by atomic mass is 32.1. The average Bonchev–Trinajstić information content (AvgIpc) is 2.78. The molecular formula is C10H16N4O2S. The maximum absolute atomic E-state index is 11.6. The van der Waals surface area contributed by atoms with Crippen LogP contribution in [0, 0.1) is 0 Å². The minimum atomic E-state index is -0.281. The molecule has 0 radical (unpaired) electrons. The van der Waals surface area contributed by atoms with Crippen molar-refractivity contribution in [1.82, 2.24) is 15.6 Å². The van der Waals surface area contributed by atoms with Crippen LogP contribution in [0.1, 0.15) is 34.9 Å². The van der Waals surface area contributed by atoms with Gasteiger partial charge in [-0.15, -0.1) is 11.3 Å². The van der Waals surface area contributed by atoms with E-state index in [0.29, 0.717) is 12.2 Å². The monoisotopic (exact) mass is 256 g/mol. The van der Waals surface area contributed by atoms with Crippen LogP contribution in [0.3, 0.4) is 0 Å². The molecule has 0 saturated heterocycles. The highest BCUT2D eigenvalue weighted by Crippen LogP contribution is 2.15. The van der Waals surface area contributed by atoms with Gasteiger partial charge in [-0.2, -0.15) is 0 Å². The summed E-state index contributed by atoms with van der Waals surface area (Å²) in [5.74, 6) is -0.392. The maximum Gasteiger partial charge on any atom is 0.270 e. The molecule has 0 spiro atoms. The van der Waals surface area contributed by atoms with Gasteiger partial charge in [-0.05, 0) is 6.92 Å². The fraction of sp³-hybridized carbons (Fsp3) is 0.500. The summed E-state index contributed by atoms with van der Waals surface area (Å²) in [5, 5.41) is 7.48. The third-order valence-electron chi connectivity index (χ3n) is 2.06. The molecule has 1 heterocycles. The molecule has 94 valence electrons. The number of nitrogens with one attached hydrogen (secondary N) is 2. The lowest BCUT2D eigenvalue weighted by molar-refractivity contribution is -0.120. The lowest BCUT2D eigenvalue weighted by atomic mass is 10.3. The van der Waals surface area contributed by atoms with Gasteiger partial charge in [-0.1, -0.05) is 0 Å². The van der Waals surface area contributed by atoms with E-state index in [9.17, 15) is 9.59 Å². The number of nitrogens with zero attached hydrogens (tertiary/aromatic N) is 1. The van der Waals surface area contributed by atoms with Gasteiger partial charge in [0.15, 0.2) is 0 Å². The van der Waals surface area contributed by atoms with Crippen LogP contribution in [0.25, 0.3) is 0 Å². The first-order valence-corrected chi connectivity index (χ1v) is 6.12. The lowest BCUT2D eigenvalue weighted by Gasteiger charge is -2.02. The van der Waals surface area contributed by atoms with Crippen LogP contribution in [0.4, 0.5) is 0 Å². The van der Waals surface area contributed by atoms with Crippen molar-refractivity contribution in [2.45, 2.75) is 19.4 Å². The second-order valence-electron chi connectivity index (χ2n) is 3.54. The van der Waals surface area contributed by atoms with Gasteiger partial charge < -0.3 is 16.4 Å². The zero-order chi connectivity index (χ0) is 12.8. The van der Waals surface area contributed by atoms with Crippen LogP contribution >= 0.6 is 11.3 Å². The van der Waals surface area contributed by atoms with Gasteiger partial charge in [0.1, 0.15) is 10.7 Å². The number of hydrogen-bond donors (Lipinski definition) is 3. The lowest BCUT2D eigenvalue weighted by Crippen LogP contribution is -2.29. The first-order valence-electron chi connectivity index (χ1n) is 5.24. The zero-order valence-corrected chi connectivity index (χ0v) is 10.6. The molecule has 0 aliphatic carbocycles. The van der Waals surface area contributed by atoms with Crippen molar-refractivity contribution in [3.63, 3.8) is 0 Å². The van der Waals surface area contributed by atoms with Crippen molar-refractivity contribution in [2.24, 2.45) is 5.73 Å². The van der Waals surface area contributed by atoms with E-state index in [1.54, 1.807) is 12.4 Å². The third-order valence-corrected chi connectivity index (χ3v) is 3.11. The van der Waals surface area contributed by atoms with Crippen molar-refractivity contribution in [3.05, 3.63) is 16.1 Å². The van der Waals surface area contributed by atoms with Gasteiger partial charge in [0.25, 0.3) is 5.91 Å².